The lowest BCUT2D eigenvalue weighted by atomic mass is 10.1. The van der Waals surface area contributed by atoms with Crippen molar-refractivity contribution in [2.24, 2.45) is 5.16 Å². The third-order valence-corrected chi connectivity index (χ3v) is 2.83. The van der Waals surface area contributed by atoms with Crippen molar-refractivity contribution in [1.82, 2.24) is 30.2 Å². The molecule has 0 saturated carbocycles. The monoisotopic (exact) mass is 239 g/mol. The first-order valence-electron chi connectivity index (χ1n) is 5.17. The van der Waals surface area contributed by atoms with E-state index in [-0.39, 0.29) is 5.78 Å². The minimum atomic E-state index is 0.266. The largest absolute Gasteiger partial charge is 0.410 e. The highest BCUT2D eigenvalue weighted by atomic mass is 16.4. The Morgan fingerprint density at radius 2 is 1.94 bits per heavy atom. The van der Waals surface area contributed by atoms with Gasteiger partial charge in [0.05, 0.1) is 0 Å². The second kappa shape index (κ2) is 3.06. The maximum absolute atomic E-state index is 9.14. The van der Waals surface area contributed by atoms with Gasteiger partial charge in [-0.3, -0.25) is 0 Å². The molecule has 1 aromatic carbocycles. The smallest absolute Gasteiger partial charge is 0.292 e. The lowest BCUT2D eigenvalue weighted by Crippen LogP contribution is -2.05. The molecule has 0 fully saturated rings. The number of nitrogens with zero attached hydrogens (tertiary/aromatic N) is 7. The molecular formula is C10H5N7O. The summed E-state index contributed by atoms with van der Waals surface area (Å²) in [5.74, 6) is 0.266. The van der Waals surface area contributed by atoms with Crippen LogP contribution in [0.25, 0.3) is 17.0 Å². The van der Waals surface area contributed by atoms with Gasteiger partial charge in [-0.25, -0.2) is 4.98 Å². The van der Waals surface area contributed by atoms with E-state index in [0.717, 1.165) is 11.1 Å². The van der Waals surface area contributed by atoms with E-state index < -0.39 is 0 Å². The molecule has 2 heterocycles. The van der Waals surface area contributed by atoms with Gasteiger partial charge in [0.15, 0.2) is 0 Å². The van der Waals surface area contributed by atoms with E-state index in [1.54, 1.807) is 0 Å². The molecule has 1 N–H and O–H groups in total. The second-order valence-electron chi connectivity index (χ2n) is 3.77. The van der Waals surface area contributed by atoms with Crippen LogP contribution < -0.4 is 0 Å². The number of benzene rings is 1. The lowest BCUT2D eigenvalue weighted by Gasteiger charge is -1.96. The molecule has 0 amide bonds. The van der Waals surface area contributed by atoms with Crippen molar-refractivity contribution in [3.63, 3.8) is 0 Å². The van der Waals surface area contributed by atoms with E-state index in [1.807, 2.05) is 24.3 Å². The van der Waals surface area contributed by atoms with Gasteiger partial charge in [-0.15, -0.1) is 5.10 Å². The van der Waals surface area contributed by atoms with Crippen molar-refractivity contribution in [3.8, 4) is 11.3 Å². The van der Waals surface area contributed by atoms with E-state index in [1.165, 1.54) is 4.63 Å². The number of aromatic nitrogens is 6. The molecule has 8 nitrogen and oxygen atoms in total. The molecule has 0 radical (unpaired) electrons. The fourth-order valence-corrected chi connectivity index (χ4v) is 2.08. The van der Waals surface area contributed by atoms with Gasteiger partial charge < -0.3 is 5.21 Å². The molecule has 3 aromatic rings. The summed E-state index contributed by atoms with van der Waals surface area (Å²) in [6.07, 6.45) is 0. The minimum absolute atomic E-state index is 0.266. The maximum atomic E-state index is 9.14. The Kier molecular flexibility index (Phi) is 1.56. The molecule has 0 aliphatic heterocycles. The highest BCUT2D eigenvalue weighted by Crippen LogP contribution is 2.33. The fourth-order valence-electron chi connectivity index (χ4n) is 2.08. The number of fused-ring (bicyclic) bond motifs is 4. The normalized spacial score (nSPS) is 15.0. The zero-order valence-corrected chi connectivity index (χ0v) is 8.89. The van der Waals surface area contributed by atoms with Gasteiger partial charge in [-0.2, -0.15) is 0 Å². The van der Waals surface area contributed by atoms with Crippen molar-refractivity contribution in [2.45, 2.75) is 0 Å². The first-order chi connectivity index (χ1) is 8.88. The zero-order valence-electron chi connectivity index (χ0n) is 8.89. The predicted octanol–water partition coefficient (Wildman–Crippen LogP) is 0.121. The molecule has 4 rings (SSSR count). The maximum Gasteiger partial charge on any atom is 0.292 e. The number of tetrazole rings is 1. The molecule has 0 unspecified atom stereocenters. The Morgan fingerprint density at radius 1 is 1.11 bits per heavy atom. The van der Waals surface area contributed by atoms with Gasteiger partial charge in [-0.1, -0.05) is 39.1 Å². The first kappa shape index (κ1) is 9.16. The van der Waals surface area contributed by atoms with Gasteiger partial charge in [0.2, 0.25) is 0 Å². The molecule has 0 atom stereocenters. The molecule has 86 valence electrons. The van der Waals surface area contributed by atoms with Gasteiger partial charge in [0.1, 0.15) is 17.1 Å². The third-order valence-electron chi connectivity index (χ3n) is 2.83. The van der Waals surface area contributed by atoms with Crippen LogP contribution >= 0.6 is 0 Å². The van der Waals surface area contributed by atoms with Crippen LogP contribution in [0.1, 0.15) is 11.3 Å². The van der Waals surface area contributed by atoms with Crippen molar-refractivity contribution in [1.29, 1.82) is 0 Å². The zero-order chi connectivity index (χ0) is 12.1. The standard InChI is InChI=1S/C10H5N7O/c18-14-8-6-4-2-1-3-5(6)7-9(8)11-10-12-15-16-17(10)13-7/h1-4,18H. The van der Waals surface area contributed by atoms with Crippen molar-refractivity contribution in [3.05, 3.63) is 35.5 Å². The SMILES string of the molecule is ON=C1c2ccccc2-c2nn3nnnc3nc21. The minimum Gasteiger partial charge on any atom is -0.410 e. The summed E-state index contributed by atoms with van der Waals surface area (Å²) in [6, 6.07) is 7.48. The Bertz CT molecular complexity index is 807. The van der Waals surface area contributed by atoms with Gasteiger partial charge in [0.25, 0.3) is 5.78 Å². The van der Waals surface area contributed by atoms with Crippen LogP contribution in [-0.4, -0.2) is 41.2 Å². The summed E-state index contributed by atoms with van der Waals surface area (Å²) < 4.78 is 1.25. The summed E-state index contributed by atoms with van der Waals surface area (Å²) in [5.41, 5.74) is 3.12. The van der Waals surface area contributed by atoms with Crippen LogP contribution in [0.15, 0.2) is 29.4 Å². The summed E-state index contributed by atoms with van der Waals surface area (Å²) in [6.45, 7) is 0. The number of rotatable bonds is 0. The molecule has 1 aliphatic carbocycles. The van der Waals surface area contributed by atoms with E-state index in [4.69, 9.17) is 5.21 Å². The summed E-state index contributed by atoms with van der Waals surface area (Å²) in [5, 5.41) is 27.6. The van der Waals surface area contributed by atoms with Crippen LogP contribution in [0, 0.1) is 0 Å². The van der Waals surface area contributed by atoms with E-state index in [0.29, 0.717) is 17.1 Å². The van der Waals surface area contributed by atoms with Crippen LogP contribution in [0.4, 0.5) is 0 Å². The van der Waals surface area contributed by atoms with Crippen LogP contribution in [0.2, 0.25) is 0 Å². The molecule has 0 saturated heterocycles. The number of hydrogen-bond donors (Lipinski definition) is 1. The van der Waals surface area contributed by atoms with Crippen molar-refractivity contribution >= 4 is 11.5 Å². The highest BCUT2D eigenvalue weighted by molar-refractivity contribution is 6.22. The first-order valence-corrected chi connectivity index (χ1v) is 5.17. The predicted molar refractivity (Wildman–Crippen MR) is 59.2 cm³/mol. The average molecular weight is 239 g/mol. The molecule has 0 bridgehead atoms. The van der Waals surface area contributed by atoms with Crippen LogP contribution in [-0.2, 0) is 0 Å². The number of hydrogen-bond acceptors (Lipinski definition) is 7. The molecule has 1 aliphatic rings. The Morgan fingerprint density at radius 3 is 2.78 bits per heavy atom. The Balaban J connectivity index is 2.16. The average Bonchev–Trinajstić information content (AvgIpc) is 2.97. The summed E-state index contributed by atoms with van der Waals surface area (Å²) in [7, 11) is 0. The Hall–Kier alpha value is -2.90. The van der Waals surface area contributed by atoms with Crippen LogP contribution in [0.5, 0.6) is 0 Å². The molecule has 18 heavy (non-hydrogen) atoms. The quantitative estimate of drug-likeness (QED) is 0.345. The number of oxime groups is 1. The van der Waals surface area contributed by atoms with Gasteiger partial charge in [0, 0.05) is 11.1 Å². The third kappa shape index (κ3) is 0.986. The highest BCUT2D eigenvalue weighted by Gasteiger charge is 2.29. The van der Waals surface area contributed by atoms with Crippen LogP contribution in [0.3, 0.4) is 0 Å². The van der Waals surface area contributed by atoms with E-state index in [9.17, 15) is 0 Å². The van der Waals surface area contributed by atoms with Crippen molar-refractivity contribution < 1.29 is 5.21 Å². The fraction of sp³-hybridized carbons (Fsp3) is 0. The molecule has 2 aromatic heterocycles. The lowest BCUT2D eigenvalue weighted by molar-refractivity contribution is 0.319. The van der Waals surface area contributed by atoms with E-state index in [2.05, 4.69) is 30.8 Å². The van der Waals surface area contributed by atoms with E-state index >= 15 is 0 Å². The van der Waals surface area contributed by atoms with Crippen molar-refractivity contribution in [2.75, 3.05) is 0 Å². The second-order valence-corrected chi connectivity index (χ2v) is 3.77. The molecule has 8 heteroatoms. The van der Waals surface area contributed by atoms with Gasteiger partial charge >= 0.3 is 0 Å². The Labute approximate surface area is 99.6 Å². The molecule has 0 spiro atoms. The topological polar surface area (TPSA) is 101 Å². The van der Waals surface area contributed by atoms with Gasteiger partial charge in [-0.05, 0) is 10.4 Å². The summed E-state index contributed by atoms with van der Waals surface area (Å²) in [4.78, 5) is 4.26. The summed E-state index contributed by atoms with van der Waals surface area (Å²) >= 11 is 0. The molecular weight excluding hydrogens is 234 g/mol.